The molecule has 1 fully saturated rings. The van der Waals surface area contributed by atoms with Gasteiger partial charge in [-0.2, -0.15) is 0 Å². The lowest BCUT2D eigenvalue weighted by molar-refractivity contribution is -0.385. The highest BCUT2D eigenvalue weighted by molar-refractivity contribution is 5.54. The summed E-state index contributed by atoms with van der Waals surface area (Å²) in [5, 5.41) is 14.0. The van der Waals surface area contributed by atoms with Crippen LogP contribution in [0, 0.1) is 17.0 Å². The van der Waals surface area contributed by atoms with Gasteiger partial charge in [0.2, 0.25) is 0 Å². The fourth-order valence-corrected chi connectivity index (χ4v) is 2.18. The van der Waals surface area contributed by atoms with Gasteiger partial charge >= 0.3 is 0 Å². The van der Waals surface area contributed by atoms with Crippen LogP contribution in [0.1, 0.15) is 25.3 Å². The van der Waals surface area contributed by atoms with Crippen molar-refractivity contribution in [3.05, 3.63) is 33.9 Å². The molecule has 98 valence electrons. The Hall–Kier alpha value is -1.62. The SMILES string of the molecule is Cc1ccc(NCC2CCC(C)O2)cc1[N+](=O)[O-]. The maximum atomic E-state index is 10.8. The second kappa shape index (κ2) is 5.35. The Labute approximate surface area is 106 Å². The molecule has 1 saturated heterocycles. The summed E-state index contributed by atoms with van der Waals surface area (Å²) in [6, 6.07) is 5.20. The second-order valence-electron chi connectivity index (χ2n) is 4.79. The van der Waals surface area contributed by atoms with Crippen LogP contribution >= 0.6 is 0 Å². The third-order valence-corrected chi connectivity index (χ3v) is 3.26. The van der Waals surface area contributed by atoms with Crippen LogP contribution in [-0.4, -0.2) is 23.7 Å². The third-order valence-electron chi connectivity index (χ3n) is 3.26. The predicted octanol–water partition coefficient (Wildman–Crippen LogP) is 2.88. The summed E-state index contributed by atoms with van der Waals surface area (Å²) >= 11 is 0. The van der Waals surface area contributed by atoms with Gasteiger partial charge in [-0.05, 0) is 32.8 Å². The summed E-state index contributed by atoms with van der Waals surface area (Å²) in [7, 11) is 0. The molecule has 1 N–H and O–H groups in total. The minimum Gasteiger partial charge on any atom is -0.382 e. The monoisotopic (exact) mass is 250 g/mol. The van der Waals surface area contributed by atoms with Crippen molar-refractivity contribution in [1.29, 1.82) is 0 Å². The Morgan fingerprint density at radius 3 is 2.89 bits per heavy atom. The highest BCUT2D eigenvalue weighted by atomic mass is 16.6. The number of hydrogen-bond donors (Lipinski definition) is 1. The zero-order valence-electron chi connectivity index (χ0n) is 10.7. The average molecular weight is 250 g/mol. The summed E-state index contributed by atoms with van der Waals surface area (Å²) in [6.45, 7) is 4.50. The first-order valence-electron chi connectivity index (χ1n) is 6.20. The van der Waals surface area contributed by atoms with Gasteiger partial charge in [-0.1, -0.05) is 6.07 Å². The Morgan fingerprint density at radius 2 is 2.28 bits per heavy atom. The molecule has 0 saturated carbocycles. The van der Waals surface area contributed by atoms with Gasteiger partial charge in [-0.15, -0.1) is 0 Å². The van der Waals surface area contributed by atoms with E-state index >= 15 is 0 Å². The summed E-state index contributed by atoms with van der Waals surface area (Å²) in [4.78, 5) is 10.5. The molecule has 5 heteroatoms. The summed E-state index contributed by atoms with van der Waals surface area (Å²) in [5.41, 5.74) is 1.60. The minimum atomic E-state index is -0.353. The summed E-state index contributed by atoms with van der Waals surface area (Å²) in [5.74, 6) is 0. The van der Waals surface area contributed by atoms with E-state index in [2.05, 4.69) is 12.2 Å². The van der Waals surface area contributed by atoms with Gasteiger partial charge in [-0.3, -0.25) is 10.1 Å². The van der Waals surface area contributed by atoms with Crippen molar-refractivity contribution in [2.75, 3.05) is 11.9 Å². The molecule has 1 aliphatic rings. The number of benzene rings is 1. The van der Waals surface area contributed by atoms with Gasteiger partial charge in [0.15, 0.2) is 0 Å². The van der Waals surface area contributed by atoms with Gasteiger partial charge in [0, 0.05) is 23.9 Å². The zero-order chi connectivity index (χ0) is 13.1. The van der Waals surface area contributed by atoms with E-state index in [1.807, 2.05) is 6.07 Å². The number of rotatable bonds is 4. The number of nitrogens with one attached hydrogen (secondary N) is 1. The van der Waals surface area contributed by atoms with Gasteiger partial charge in [0.05, 0.1) is 17.1 Å². The topological polar surface area (TPSA) is 64.4 Å². The molecule has 5 nitrogen and oxygen atoms in total. The van der Waals surface area contributed by atoms with E-state index in [0.717, 1.165) is 18.5 Å². The molecular weight excluding hydrogens is 232 g/mol. The predicted molar refractivity (Wildman–Crippen MR) is 69.9 cm³/mol. The Kier molecular flexibility index (Phi) is 3.81. The molecule has 0 spiro atoms. The number of anilines is 1. The quantitative estimate of drug-likeness (QED) is 0.659. The van der Waals surface area contributed by atoms with E-state index in [1.54, 1.807) is 19.1 Å². The highest BCUT2D eigenvalue weighted by Crippen LogP contribution is 2.23. The number of ether oxygens (including phenoxy) is 1. The van der Waals surface area contributed by atoms with E-state index in [1.165, 1.54) is 0 Å². The molecule has 0 bridgehead atoms. The van der Waals surface area contributed by atoms with Crippen LogP contribution in [0.4, 0.5) is 11.4 Å². The van der Waals surface area contributed by atoms with Crippen molar-refractivity contribution in [2.45, 2.75) is 38.9 Å². The third kappa shape index (κ3) is 2.98. The smallest absolute Gasteiger partial charge is 0.274 e. The van der Waals surface area contributed by atoms with Crippen molar-refractivity contribution in [3.8, 4) is 0 Å². The molecule has 2 rings (SSSR count). The van der Waals surface area contributed by atoms with E-state index in [-0.39, 0.29) is 16.7 Å². The van der Waals surface area contributed by atoms with Crippen molar-refractivity contribution in [2.24, 2.45) is 0 Å². The van der Waals surface area contributed by atoms with Crippen LogP contribution in [0.2, 0.25) is 0 Å². The molecule has 1 aromatic rings. The minimum absolute atomic E-state index is 0.153. The van der Waals surface area contributed by atoms with Crippen LogP contribution in [0.3, 0.4) is 0 Å². The molecule has 0 aliphatic carbocycles. The Balaban J connectivity index is 1.97. The van der Waals surface area contributed by atoms with Crippen LogP contribution in [0.25, 0.3) is 0 Å². The number of aryl methyl sites for hydroxylation is 1. The van der Waals surface area contributed by atoms with E-state index in [9.17, 15) is 10.1 Å². The number of hydrogen-bond acceptors (Lipinski definition) is 4. The van der Waals surface area contributed by atoms with E-state index < -0.39 is 0 Å². The molecule has 1 aliphatic heterocycles. The summed E-state index contributed by atoms with van der Waals surface area (Å²) < 4.78 is 5.69. The zero-order valence-corrected chi connectivity index (χ0v) is 10.7. The van der Waals surface area contributed by atoms with Crippen LogP contribution in [-0.2, 0) is 4.74 Å². The second-order valence-corrected chi connectivity index (χ2v) is 4.79. The van der Waals surface area contributed by atoms with Crippen LogP contribution in [0.5, 0.6) is 0 Å². The maximum absolute atomic E-state index is 10.8. The molecule has 2 atom stereocenters. The molecule has 1 heterocycles. The lowest BCUT2D eigenvalue weighted by atomic mass is 10.1. The number of nitro groups is 1. The number of nitrogens with zero attached hydrogens (tertiary/aromatic N) is 1. The first-order chi connectivity index (χ1) is 8.56. The molecular formula is C13H18N2O3. The molecule has 0 radical (unpaired) electrons. The van der Waals surface area contributed by atoms with Crippen molar-refractivity contribution >= 4 is 11.4 Å². The summed E-state index contributed by atoms with van der Waals surface area (Å²) in [6.07, 6.45) is 2.66. The van der Waals surface area contributed by atoms with Gasteiger partial charge < -0.3 is 10.1 Å². The van der Waals surface area contributed by atoms with Crippen LogP contribution in [0.15, 0.2) is 18.2 Å². The number of nitro benzene ring substituents is 1. The van der Waals surface area contributed by atoms with Gasteiger partial charge in [-0.25, -0.2) is 0 Å². The molecule has 2 unspecified atom stereocenters. The highest BCUT2D eigenvalue weighted by Gasteiger charge is 2.21. The van der Waals surface area contributed by atoms with Crippen LogP contribution < -0.4 is 5.32 Å². The molecule has 1 aromatic carbocycles. The largest absolute Gasteiger partial charge is 0.382 e. The lowest BCUT2D eigenvalue weighted by Crippen LogP contribution is -2.19. The Bertz CT molecular complexity index is 448. The van der Waals surface area contributed by atoms with Crippen molar-refractivity contribution in [1.82, 2.24) is 0 Å². The first kappa shape index (κ1) is 12.8. The maximum Gasteiger partial charge on any atom is 0.274 e. The van der Waals surface area contributed by atoms with Crippen molar-refractivity contribution in [3.63, 3.8) is 0 Å². The molecule has 0 amide bonds. The lowest BCUT2D eigenvalue weighted by Gasteiger charge is -2.13. The van der Waals surface area contributed by atoms with Crippen molar-refractivity contribution < 1.29 is 9.66 Å². The molecule has 0 aromatic heterocycles. The van der Waals surface area contributed by atoms with E-state index in [0.29, 0.717) is 18.2 Å². The fourth-order valence-electron chi connectivity index (χ4n) is 2.18. The average Bonchev–Trinajstić information content (AvgIpc) is 2.74. The standard InChI is InChI=1S/C13H18N2O3/c1-9-3-5-11(7-13(9)15(16)17)14-8-12-6-4-10(2)18-12/h3,5,7,10,12,14H,4,6,8H2,1-2H3. The van der Waals surface area contributed by atoms with Gasteiger partial charge in [0.1, 0.15) is 0 Å². The normalized spacial score (nSPS) is 23.0. The molecule has 18 heavy (non-hydrogen) atoms. The first-order valence-corrected chi connectivity index (χ1v) is 6.20. The van der Waals surface area contributed by atoms with E-state index in [4.69, 9.17) is 4.74 Å². The fraction of sp³-hybridized carbons (Fsp3) is 0.538. The van der Waals surface area contributed by atoms with Gasteiger partial charge in [0.25, 0.3) is 5.69 Å². The Morgan fingerprint density at radius 1 is 1.50 bits per heavy atom.